The summed E-state index contributed by atoms with van der Waals surface area (Å²) in [5.74, 6) is -0.136. The van der Waals surface area contributed by atoms with E-state index in [4.69, 9.17) is 16.6 Å². The number of hydrogen-bond acceptors (Lipinski definition) is 4. The van der Waals surface area contributed by atoms with Crippen LogP contribution in [0.1, 0.15) is 40.5 Å². The molecular formula is C22H18ClN3OS. The van der Waals surface area contributed by atoms with Crippen LogP contribution in [0.3, 0.4) is 0 Å². The van der Waals surface area contributed by atoms with Crippen molar-refractivity contribution in [3.8, 4) is 0 Å². The van der Waals surface area contributed by atoms with Gasteiger partial charge in [-0.3, -0.25) is 15.1 Å². The van der Waals surface area contributed by atoms with Gasteiger partial charge in [0.25, 0.3) is 5.91 Å². The number of anilines is 1. The van der Waals surface area contributed by atoms with Crippen molar-refractivity contribution in [1.82, 2.24) is 9.97 Å². The first kappa shape index (κ1) is 17.6. The second-order valence-corrected chi connectivity index (χ2v) is 8.52. The van der Waals surface area contributed by atoms with Gasteiger partial charge in [0.1, 0.15) is 0 Å². The highest BCUT2D eigenvalue weighted by atomic mass is 35.5. The van der Waals surface area contributed by atoms with Crippen molar-refractivity contribution < 1.29 is 4.79 Å². The molecule has 1 amide bonds. The maximum atomic E-state index is 13.3. The third-order valence-electron chi connectivity index (χ3n) is 5.28. The Balaban J connectivity index is 1.58. The van der Waals surface area contributed by atoms with Gasteiger partial charge in [0.15, 0.2) is 5.13 Å². The van der Waals surface area contributed by atoms with Crippen molar-refractivity contribution in [3.63, 3.8) is 0 Å². The lowest BCUT2D eigenvalue weighted by Crippen LogP contribution is -2.15. The highest BCUT2D eigenvalue weighted by Gasteiger charge is 2.24. The molecule has 0 atom stereocenters. The first-order valence-electron chi connectivity index (χ1n) is 9.44. The molecule has 0 aliphatic heterocycles. The number of carbonyl (C=O) groups is 1. The summed E-state index contributed by atoms with van der Waals surface area (Å²) in [5.41, 5.74) is 5.74. The van der Waals surface area contributed by atoms with Crippen molar-refractivity contribution in [2.75, 3.05) is 5.32 Å². The molecule has 6 heteroatoms. The maximum absolute atomic E-state index is 13.3. The van der Waals surface area contributed by atoms with Gasteiger partial charge in [-0.15, -0.1) is 0 Å². The van der Waals surface area contributed by atoms with E-state index in [9.17, 15) is 4.79 Å². The Hall–Kier alpha value is -2.50. The molecule has 2 aromatic carbocycles. The van der Waals surface area contributed by atoms with Crippen LogP contribution in [-0.2, 0) is 19.3 Å². The first-order chi connectivity index (χ1) is 13.6. The number of aryl methyl sites for hydroxylation is 2. The monoisotopic (exact) mass is 407 g/mol. The minimum atomic E-state index is -0.136. The van der Waals surface area contributed by atoms with Gasteiger partial charge in [-0.1, -0.05) is 35.9 Å². The summed E-state index contributed by atoms with van der Waals surface area (Å²) in [7, 11) is 0. The molecule has 1 aliphatic carbocycles. The SMILES string of the molecule is CCc1ccc2nc(NC(=O)c3c4c(nc5ccc(Cl)cc35)CCC4)sc2c1. The van der Waals surface area contributed by atoms with Crippen molar-refractivity contribution in [3.05, 3.63) is 63.8 Å². The molecular weight excluding hydrogens is 390 g/mol. The van der Waals surface area contributed by atoms with Crippen molar-refractivity contribution in [2.45, 2.75) is 32.6 Å². The average Bonchev–Trinajstić information content (AvgIpc) is 3.31. The highest BCUT2D eigenvalue weighted by molar-refractivity contribution is 7.22. The smallest absolute Gasteiger partial charge is 0.258 e. The molecule has 0 unspecified atom stereocenters. The van der Waals surface area contributed by atoms with E-state index in [0.717, 1.165) is 58.1 Å². The average molecular weight is 408 g/mol. The van der Waals surface area contributed by atoms with Gasteiger partial charge in [0, 0.05) is 16.1 Å². The van der Waals surface area contributed by atoms with Crippen molar-refractivity contribution in [1.29, 1.82) is 0 Å². The van der Waals surface area contributed by atoms with Crippen LogP contribution >= 0.6 is 22.9 Å². The normalized spacial score (nSPS) is 13.2. The Morgan fingerprint density at radius 1 is 1.14 bits per heavy atom. The largest absolute Gasteiger partial charge is 0.298 e. The van der Waals surface area contributed by atoms with Gasteiger partial charge in [-0.2, -0.15) is 0 Å². The van der Waals surface area contributed by atoms with Gasteiger partial charge < -0.3 is 0 Å². The molecule has 140 valence electrons. The predicted octanol–water partition coefficient (Wildman–Crippen LogP) is 5.80. The molecule has 2 heterocycles. The second-order valence-electron chi connectivity index (χ2n) is 7.06. The van der Waals surface area contributed by atoms with E-state index in [-0.39, 0.29) is 5.91 Å². The quantitative estimate of drug-likeness (QED) is 0.466. The summed E-state index contributed by atoms with van der Waals surface area (Å²) in [6.07, 6.45) is 3.78. The number of amides is 1. The van der Waals surface area contributed by atoms with E-state index in [1.165, 1.54) is 16.9 Å². The summed E-state index contributed by atoms with van der Waals surface area (Å²) in [6.45, 7) is 2.13. The molecule has 0 saturated heterocycles. The van der Waals surface area contributed by atoms with Crippen LogP contribution in [0.2, 0.25) is 5.02 Å². The summed E-state index contributed by atoms with van der Waals surface area (Å²) >= 11 is 7.73. The lowest BCUT2D eigenvalue weighted by Gasteiger charge is -2.12. The molecule has 0 bridgehead atoms. The Labute approximate surface area is 171 Å². The van der Waals surface area contributed by atoms with E-state index in [0.29, 0.717) is 15.7 Å². The lowest BCUT2D eigenvalue weighted by atomic mass is 10.0. The fraction of sp³-hybridized carbons (Fsp3) is 0.227. The van der Waals surface area contributed by atoms with Gasteiger partial charge >= 0.3 is 0 Å². The molecule has 4 aromatic rings. The molecule has 0 radical (unpaired) electrons. The Morgan fingerprint density at radius 3 is 2.86 bits per heavy atom. The number of nitrogens with zero attached hydrogens (tertiary/aromatic N) is 2. The molecule has 0 fully saturated rings. The van der Waals surface area contributed by atoms with Crippen LogP contribution < -0.4 is 5.32 Å². The molecule has 5 rings (SSSR count). The molecule has 1 N–H and O–H groups in total. The topological polar surface area (TPSA) is 54.9 Å². The number of thiazole rings is 1. The zero-order valence-corrected chi connectivity index (χ0v) is 17.0. The van der Waals surface area contributed by atoms with Gasteiger partial charge in [-0.25, -0.2) is 4.98 Å². The molecule has 0 saturated carbocycles. The fourth-order valence-electron chi connectivity index (χ4n) is 3.90. The molecule has 0 spiro atoms. The summed E-state index contributed by atoms with van der Waals surface area (Å²) < 4.78 is 1.09. The predicted molar refractivity (Wildman–Crippen MR) is 116 cm³/mol. The van der Waals surface area contributed by atoms with Crippen LogP contribution in [0, 0.1) is 0 Å². The van der Waals surface area contributed by atoms with Crippen molar-refractivity contribution >= 4 is 55.1 Å². The zero-order valence-electron chi connectivity index (χ0n) is 15.4. The summed E-state index contributed by atoms with van der Waals surface area (Å²) in [5, 5.41) is 5.05. The van der Waals surface area contributed by atoms with E-state index in [2.05, 4.69) is 29.4 Å². The number of aromatic nitrogens is 2. The molecule has 4 nitrogen and oxygen atoms in total. The standard InChI is InChI=1S/C22H18ClN3OS/c1-2-12-6-8-18-19(10-12)28-22(25-18)26-21(27)20-14-4-3-5-16(14)24-17-9-7-13(23)11-15(17)20/h6-11H,2-5H2,1H3,(H,25,26,27). The number of fused-ring (bicyclic) bond motifs is 3. The maximum Gasteiger partial charge on any atom is 0.258 e. The Morgan fingerprint density at radius 2 is 2.00 bits per heavy atom. The number of pyridine rings is 1. The van der Waals surface area contributed by atoms with Gasteiger partial charge in [0.2, 0.25) is 0 Å². The number of hydrogen-bond donors (Lipinski definition) is 1. The van der Waals surface area contributed by atoms with E-state index < -0.39 is 0 Å². The van der Waals surface area contributed by atoms with Gasteiger partial charge in [-0.05, 0) is 67.1 Å². The molecule has 1 aliphatic rings. The minimum absolute atomic E-state index is 0.136. The number of nitrogens with one attached hydrogen (secondary N) is 1. The van der Waals surface area contributed by atoms with Crippen LogP contribution in [0.15, 0.2) is 36.4 Å². The number of rotatable bonds is 3. The van der Waals surface area contributed by atoms with E-state index in [1.54, 1.807) is 0 Å². The number of halogens is 1. The highest BCUT2D eigenvalue weighted by Crippen LogP contribution is 2.33. The summed E-state index contributed by atoms with van der Waals surface area (Å²) in [4.78, 5) is 22.6. The van der Waals surface area contributed by atoms with E-state index >= 15 is 0 Å². The summed E-state index contributed by atoms with van der Waals surface area (Å²) in [6, 6.07) is 11.8. The van der Waals surface area contributed by atoms with Crippen LogP contribution in [-0.4, -0.2) is 15.9 Å². The number of carbonyl (C=O) groups excluding carboxylic acids is 1. The van der Waals surface area contributed by atoms with Crippen molar-refractivity contribution in [2.24, 2.45) is 0 Å². The molecule has 2 aromatic heterocycles. The molecule has 28 heavy (non-hydrogen) atoms. The minimum Gasteiger partial charge on any atom is -0.298 e. The Bertz CT molecular complexity index is 1250. The lowest BCUT2D eigenvalue weighted by molar-refractivity contribution is 0.102. The van der Waals surface area contributed by atoms with Gasteiger partial charge in [0.05, 0.1) is 21.3 Å². The third kappa shape index (κ3) is 2.95. The van der Waals surface area contributed by atoms with Crippen LogP contribution in [0.4, 0.5) is 5.13 Å². The third-order valence-corrected chi connectivity index (χ3v) is 6.45. The van der Waals surface area contributed by atoms with Crippen LogP contribution in [0.5, 0.6) is 0 Å². The fourth-order valence-corrected chi connectivity index (χ4v) is 4.99. The zero-order chi connectivity index (χ0) is 19.3. The van der Waals surface area contributed by atoms with E-state index in [1.807, 2.05) is 24.3 Å². The van der Waals surface area contributed by atoms with Crippen LogP contribution in [0.25, 0.3) is 21.1 Å². The second kappa shape index (κ2) is 6.83. The first-order valence-corrected chi connectivity index (χ1v) is 10.6. The Kier molecular flexibility index (Phi) is 4.29. The number of benzene rings is 2.